The lowest BCUT2D eigenvalue weighted by molar-refractivity contribution is 0.0926. The van der Waals surface area contributed by atoms with Crippen LogP contribution in [0.4, 0.5) is 0 Å². The zero-order chi connectivity index (χ0) is 13.9. The molecule has 1 heterocycles. The van der Waals surface area contributed by atoms with Crippen LogP contribution in [-0.2, 0) is 12.8 Å². The van der Waals surface area contributed by atoms with E-state index in [0.717, 1.165) is 49.8 Å². The lowest BCUT2D eigenvalue weighted by atomic mass is 9.94. The predicted octanol–water partition coefficient (Wildman–Crippen LogP) is 2.32. The first-order valence-electron chi connectivity index (χ1n) is 7.80. The molecule has 0 radical (unpaired) electrons. The van der Waals surface area contributed by atoms with E-state index in [9.17, 15) is 9.59 Å². The molecule has 3 rings (SSSR count). The summed E-state index contributed by atoms with van der Waals surface area (Å²) in [6, 6.07) is 2.05. The minimum atomic E-state index is -0.237. The van der Waals surface area contributed by atoms with Crippen LogP contribution in [0.15, 0.2) is 10.9 Å². The number of fused-ring (bicyclic) bond motifs is 1. The van der Waals surface area contributed by atoms with E-state index in [1.54, 1.807) is 0 Å². The third-order valence-corrected chi connectivity index (χ3v) is 4.52. The molecule has 0 saturated heterocycles. The summed E-state index contributed by atoms with van der Waals surface area (Å²) < 4.78 is 0. The molecular weight excluding hydrogens is 252 g/mol. The first-order valence-corrected chi connectivity index (χ1v) is 7.80. The molecule has 0 bridgehead atoms. The number of aromatic amines is 1. The van der Waals surface area contributed by atoms with E-state index < -0.39 is 0 Å². The van der Waals surface area contributed by atoms with E-state index in [1.807, 2.05) is 6.07 Å². The maximum absolute atomic E-state index is 12.3. The van der Waals surface area contributed by atoms with Gasteiger partial charge in [0, 0.05) is 11.7 Å². The van der Waals surface area contributed by atoms with Crippen LogP contribution >= 0.6 is 0 Å². The normalized spacial score (nSPS) is 19.4. The highest BCUT2D eigenvalue weighted by atomic mass is 16.2. The molecule has 1 amide bonds. The van der Waals surface area contributed by atoms with Crippen LogP contribution in [0.25, 0.3) is 0 Å². The van der Waals surface area contributed by atoms with E-state index in [1.165, 1.54) is 19.3 Å². The molecule has 2 aliphatic rings. The molecule has 2 N–H and O–H groups in total. The SMILES string of the molecule is O=C(NC1CCCCC1)c1cc2c([nH]c1=O)CCCC2. The molecule has 20 heavy (non-hydrogen) atoms. The van der Waals surface area contributed by atoms with Crippen molar-refractivity contribution < 1.29 is 4.79 Å². The van der Waals surface area contributed by atoms with Gasteiger partial charge >= 0.3 is 0 Å². The van der Waals surface area contributed by atoms with E-state index in [2.05, 4.69) is 10.3 Å². The van der Waals surface area contributed by atoms with E-state index >= 15 is 0 Å². The predicted molar refractivity (Wildman–Crippen MR) is 78.0 cm³/mol. The third-order valence-electron chi connectivity index (χ3n) is 4.52. The van der Waals surface area contributed by atoms with Crippen molar-refractivity contribution in [3.05, 3.63) is 33.2 Å². The van der Waals surface area contributed by atoms with Gasteiger partial charge in [0.25, 0.3) is 11.5 Å². The Balaban J connectivity index is 1.78. The molecule has 1 aromatic rings. The van der Waals surface area contributed by atoms with E-state index in [0.29, 0.717) is 0 Å². The van der Waals surface area contributed by atoms with Crippen LogP contribution in [-0.4, -0.2) is 16.9 Å². The number of pyridine rings is 1. The van der Waals surface area contributed by atoms with Gasteiger partial charge in [-0.2, -0.15) is 0 Å². The number of hydrogen-bond donors (Lipinski definition) is 2. The topological polar surface area (TPSA) is 62.0 Å². The van der Waals surface area contributed by atoms with Crippen molar-refractivity contribution in [2.45, 2.75) is 63.8 Å². The van der Waals surface area contributed by atoms with Gasteiger partial charge in [0.1, 0.15) is 5.56 Å². The fraction of sp³-hybridized carbons (Fsp3) is 0.625. The van der Waals surface area contributed by atoms with Crippen molar-refractivity contribution in [1.82, 2.24) is 10.3 Å². The Morgan fingerprint density at radius 1 is 1.10 bits per heavy atom. The van der Waals surface area contributed by atoms with Crippen LogP contribution < -0.4 is 10.9 Å². The minimum absolute atomic E-state index is 0.202. The van der Waals surface area contributed by atoms with Crippen molar-refractivity contribution in [3.63, 3.8) is 0 Å². The summed E-state index contributed by atoms with van der Waals surface area (Å²) >= 11 is 0. The first kappa shape index (κ1) is 13.4. The third kappa shape index (κ3) is 2.79. The summed E-state index contributed by atoms with van der Waals surface area (Å²) in [6.45, 7) is 0. The number of rotatable bonds is 2. The Hall–Kier alpha value is -1.58. The molecule has 0 spiro atoms. The van der Waals surface area contributed by atoms with Gasteiger partial charge in [0.15, 0.2) is 0 Å². The molecule has 0 aromatic carbocycles. The first-order chi connectivity index (χ1) is 9.74. The second-order valence-electron chi connectivity index (χ2n) is 6.03. The number of H-pyrrole nitrogens is 1. The van der Waals surface area contributed by atoms with Gasteiger partial charge in [-0.05, 0) is 50.2 Å². The largest absolute Gasteiger partial charge is 0.349 e. The molecule has 108 valence electrons. The smallest absolute Gasteiger partial charge is 0.261 e. The lowest BCUT2D eigenvalue weighted by Crippen LogP contribution is -2.39. The number of aryl methyl sites for hydroxylation is 2. The number of nitrogens with one attached hydrogen (secondary N) is 2. The second-order valence-corrected chi connectivity index (χ2v) is 6.03. The zero-order valence-electron chi connectivity index (χ0n) is 11.8. The quantitative estimate of drug-likeness (QED) is 0.869. The molecule has 1 saturated carbocycles. The van der Waals surface area contributed by atoms with Crippen LogP contribution in [0.2, 0.25) is 0 Å². The summed E-state index contributed by atoms with van der Waals surface area (Å²) in [5.74, 6) is -0.202. The number of aromatic nitrogens is 1. The van der Waals surface area contributed by atoms with E-state index in [-0.39, 0.29) is 23.1 Å². The van der Waals surface area contributed by atoms with Crippen LogP contribution in [0.5, 0.6) is 0 Å². The monoisotopic (exact) mass is 274 g/mol. The van der Waals surface area contributed by atoms with Gasteiger partial charge < -0.3 is 10.3 Å². The Morgan fingerprint density at radius 3 is 2.65 bits per heavy atom. The average Bonchev–Trinajstić information content (AvgIpc) is 2.47. The standard InChI is InChI=1S/C16H22N2O2/c19-15(17-12-7-2-1-3-8-12)13-10-11-6-4-5-9-14(11)18-16(13)20/h10,12H,1-9H2,(H,17,19)(H,18,20). The maximum Gasteiger partial charge on any atom is 0.261 e. The van der Waals surface area contributed by atoms with E-state index in [4.69, 9.17) is 0 Å². The van der Waals surface area contributed by atoms with Crippen LogP contribution in [0, 0.1) is 0 Å². The Morgan fingerprint density at radius 2 is 1.85 bits per heavy atom. The molecule has 4 heteroatoms. The highest BCUT2D eigenvalue weighted by molar-refractivity contribution is 5.94. The van der Waals surface area contributed by atoms with Crippen LogP contribution in [0.3, 0.4) is 0 Å². The van der Waals surface area contributed by atoms with Crippen molar-refractivity contribution in [3.8, 4) is 0 Å². The summed E-state index contributed by atoms with van der Waals surface area (Å²) in [5, 5.41) is 3.02. The van der Waals surface area contributed by atoms with Crippen molar-refractivity contribution in [2.24, 2.45) is 0 Å². The summed E-state index contributed by atoms with van der Waals surface area (Å²) in [4.78, 5) is 27.2. The van der Waals surface area contributed by atoms with Crippen LogP contribution in [0.1, 0.15) is 66.6 Å². The second kappa shape index (κ2) is 5.81. The highest BCUT2D eigenvalue weighted by Crippen LogP contribution is 2.20. The Bertz CT molecular complexity index is 556. The lowest BCUT2D eigenvalue weighted by Gasteiger charge is -2.23. The van der Waals surface area contributed by atoms with Crippen molar-refractivity contribution in [1.29, 1.82) is 0 Å². The molecule has 0 unspecified atom stereocenters. The fourth-order valence-corrected chi connectivity index (χ4v) is 3.35. The Kier molecular flexibility index (Phi) is 3.90. The highest BCUT2D eigenvalue weighted by Gasteiger charge is 2.20. The number of amides is 1. The molecule has 2 aliphatic carbocycles. The number of carbonyl (C=O) groups excluding carboxylic acids is 1. The molecule has 0 aliphatic heterocycles. The fourth-order valence-electron chi connectivity index (χ4n) is 3.35. The van der Waals surface area contributed by atoms with Gasteiger partial charge in [0.05, 0.1) is 0 Å². The van der Waals surface area contributed by atoms with Gasteiger partial charge in [-0.1, -0.05) is 19.3 Å². The molecule has 1 fully saturated rings. The Labute approximate surface area is 119 Å². The minimum Gasteiger partial charge on any atom is -0.349 e. The molecular formula is C16H22N2O2. The van der Waals surface area contributed by atoms with Crippen molar-refractivity contribution >= 4 is 5.91 Å². The van der Waals surface area contributed by atoms with Gasteiger partial charge in [-0.25, -0.2) is 0 Å². The van der Waals surface area contributed by atoms with Gasteiger partial charge in [0.2, 0.25) is 0 Å². The number of carbonyl (C=O) groups is 1. The maximum atomic E-state index is 12.3. The average molecular weight is 274 g/mol. The van der Waals surface area contributed by atoms with Crippen molar-refractivity contribution in [2.75, 3.05) is 0 Å². The molecule has 1 aromatic heterocycles. The zero-order valence-corrected chi connectivity index (χ0v) is 11.8. The summed E-state index contributed by atoms with van der Waals surface area (Å²) in [5.41, 5.74) is 2.22. The summed E-state index contributed by atoms with van der Waals surface area (Å²) in [7, 11) is 0. The van der Waals surface area contributed by atoms with Gasteiger partial charge in [-0.3, -0.25) is 9.59 Å². The van der Waals surface area contributed by atoms with Gasteiger partial charge in [-0.15, -0.1) is 0 Å². The number of hydrogen-bond acceptors (Lipinski definition) is 2. The molecule has 4 nitrogen and oxygen atoms in total. The molecule has 0 atom stereocenters. The summed E-state index contributed by atoms with van der Waals surface area (Å²) in [6.07, 6.45) is 9.83.